The van der Waals surface area contributed by atoms with E-state index in [4.69, 9.17) is 16.0 Å². The molecule has 3 rings (SSSR count). The molecule has 7 heteroatoms. The van der Waals surface area contributed by atoms with Crippen LogP contribution in [0.25, 0.3) is 0 Å². The lowest BCUT2D eigenvalue weighted by atomic mass is 10.1. The highest BCUT2D eigenvalue weighted by molar-refractivity contribution is 6.31. The van der Waals surface area contributed by atoms with Crippen LogP contribution in [-0.2, 0) is 16.1 Å². The molecule has 1 fully saturated rings. The second-order valence-electron chi connectivity index (χ2n) is 5.35. The van der Waals surface area contributed by atoms with Gasteiger partial charge in [0.15, 0.2) is 5.82 Å². The largest absolute Gasteiger partial charge is 0.467 e. The number of nitrogens with one attached hydrogen (secondary N) is 1. The Morgan fingerprint density at radius 2 is 2.22 bits per heavy atom. The maximum absolute atomic E-state index is 13.8. The Hall–Kier alpha value is -2.34. The fourth-order valence-corrected chi connectivity index (χ4v) is 2.70. The SMILES string of the molecule is O=C(Nc1cccc(Cl)c1F)C1CC(=O)N(Cc2ccco2)C1. The van der Waals surface area contributed by atoms with E-state index >= 15 is 0 Å². The summed E-state index contributed by atoms with van der Waals surface area (Å²) in [6.45, 7) is 0.592. The molecule has 1 unspecified atom stereocenters. The zero-order chi connectivity index (χ0) is 16.4. The summed E-state index contributed by atoms with van der Waals surface area (Å²) in [6.07, 6.45) is 1.62. The number of carbonyl (C=O) groups is 2. The minimum atomic E-state index is -0.681. The van der Waals surface area contributed by atoms with E-state index in [0.29, 0.717) is 12.3 Å². The first-order chi connectivity index (χ1) is 11.0. The van der Waals surface area contributed by atoms with Gasteiger partial charge < -0.3 is 14.6 Å². The Bertz CT molecular complexity index is 733. The van der Waals surface area contributed by atoms with E-state index in [-0.39, 0.29) is 29.6 Å². The van der Waals surface area contributed by atoms with Gasteiger partial charge in [0.2, 0.25) is 11.8 Å². The molecule has 0 radical (unpaired) electrons. The molecule has 2 aromatic rings. The van der Waals surface area contributed by atoms with Crippen LogP contribution in [0.5, 0.6) is 0 Å². The maximum atomic E-state index is 13.8. The van der Waals surface area contributed by atoms with Crippen molar-refractivity contribution in [2.45, 2.75) is 13.0 Å². The number of halogens is 2. The molecule has 1 saturated heterocycles. The zero-order valence-corrected chi connectivity index (χ0v) is 12.8. The van der Waals surface area contributed by atoms with E-state index in [1.807, 2.05) is 0 Å². The Morgan fingerprint density at radius 1 is 1.39 bits per heavy atom. The quantitative estimate of drug-likeness (QED) is 0.933. The molecule has 120 valence electrons. The van der Waals surface area contributed by atoms with Crippen LogP contribution in [0.15, 0.2) is 41.0 Å². The Balaban J connectivity index is 1.64. The summed E-state index contributed by atoms with van der Waals surface area (Å²) in [4.78, 5) is 25.8. The van der Waals surface area contributed by atoms with Crippen LogP contribution >= 0.6 is 11.6 Å². The first-order valence-corrected chi connectivity index (χ1v) is 7.47. The number of anilines is 1. The molecular formula is C16H14ClFN2O3. The molecular weight excluding hydrogens is 323 g/mol. The normalized spacial score (nSPS) is 17.6. The molecule has 2 heterocycles. The number of furan rings is 1. The summed E-state index contributed by atoms with van der Waals surface area (Å²) in [6, 6.07) is 7.88. The third kappa shape index (κ3) is 3.37. The van der Waals surface area contributed by atoms with E-state index in [2.05, 4.69) is 5.32 Å². The highest BCUT2D eigenvalue weighted by Gasteiger charge is 2.34. The van der Waals surface area contributed by atoms with Gasteiger partial charge in [-0.15, -0.1) is 0 Å². The van der Waals surface area contributed by atoms with Crippen molar-refractivity contribution in [3.63, 3.8) is 0 Å². The Kier molecular flexibility index (Phi) is 4.34. The standard InChI is InChI=1S/C16H14ClFN2O3/c17-12-4-1-5-13(15(12)18)19-16(22)10-7-14(21)20(8-10)9-11-3-2-6-23-11/h1-6,10H,7-9H2,(H,19,22). The molecule has 0 bridgehead atoms. The van der Waals surface area contributed by atoms with E-state index in [1.54, 1.807) is 23.1 Å². The summed E-state index contributed by atoms with van der Waals surface area (Å²) >= 11 is 5.68. The van der Waals surface area contributed by atoms with Crippen molar-refractivity contribution in [2.75, 3.05) is 11.9 Å². The lowest BCUT2D eigenvalue weighted by Crippen LogP contribution is -2.28. The van der Waals surface area contributed by atoms with Crippen molar-refractivity contribution in [3.8, 4) is 0 Å². The zero-order valence-electron chi connectivity index (χ0n) is 12.1. The second kappa shape index (κ2) is 6.42. The summed E-state index contributed by atoms with van der Waals surface area (Å²) in [5, 5.41) is 2.43. The number of carbonyl (C=O) groups excluding carboxylic acids is 2. The monoisotopic (exact) mass is 336 g/mol. The average molecular weight is 337 g/mol. The third-order valence-electron chi connectivity index (χ3n) is 3.72. The third-order valence-corrected chi connectivity index (χ3v) is 4.01. The number of rotatable bonds is 4. The topological polar surface area (TPSA) is 62.6 Å². The van der Waals surface area contributed by atoms with Gasteiger partial charge in [0.05, 0.1) is 29.4 Å². The van der Waals surface area contributed by atoms with E-state index in [0.717, 1.165) is 0 Å². The summed E-state index contributed by atoms with van der Waals surface area (Å²) < 4.78 is 19.0. The van der Waals surface area contributed by atoms with Crippen molar-refractivity contribution in [2.24, 2.45) is 5.92 Å². The molecule has 0 saturated carbocycles. The van der Waals surface area contributed by atoms with Crippen LogP contribution in [0.1, 0.15) is 12.2 Å². The van der Waals surface area contributed by atoms with Gasteiger partial charge in [-0.1, -0.05) is 17.7 Å². The van der Waals surface area contributed by atoms with Crippen LogP contribution in [0.3, 0.4) is 0 Å². The van der Waals surface area contributed by atoms with Crippen LogP contribution in [-0.4, -0.2) is 23.3 Å². The molecule has 23 heavy (non-hydrogen) atoms. The number of hydrogen-bond donors (Lipinski definition) is 1. The number of amides is 2. The number of benzene rings is 1. The first kappa shape index (κ1) is 15.6. The van der Waals surface area contributed by atoms with Gasteiger partial charge in [0, 0.05) is 13.0 Å². The van der Waals surface area contributed by atoms with Crippen LogP contribution in [0.2, 0.25) is 5.02 Å². The minimum absolute atomic E-state index is 0.0134. The molecule has 1 aromatic carbocycles. The van der Waals surface area contributed by atoms with Gasteiger partial charge in [0.25, 0.3) is 0 Å². The fraction of sp³-hybridized carbons (Fsp3) is 0.250. The van der Waals surface area contributed by atoms with E-state index in [1.165, 1.54) is 18.4 Å². The molecule has 1 aliphatic rings. The number of hydrogen-bond acceptors (Lipinski definition) is 3. The molecule has 1 atom stereocenters. The Labute approximate surface area is 137 Å². The summed E-state index contributed by atoms with van der Waals surface area (Å²) in [5.41, 5.74) is 0.0134. The molecule has 1 N–H and O–H groups in total. The predicted octanol–water partition coefficient (Wildman–Crippen LogP) is 3.06. The van der Waals surface area contributed by atoms with E-state index in [9.17, 15) is 14.0 Å². The van der Waals surface area contributed by atoms with Crippen LogP contribution in [0, 0.1) is 11.7 Å². The van der Waals surface area contributed by atoms with Crippen molar-refractivity contribution < 1.29 is 18.4 Å². The number of nitrogens with zero attached hydrogens (tertiary/aromatic N) is 1. The summed E-state index contributed by atoms with van der Waals surface area (Å²) in [7, 11) is 0. The molecule has 2 amide bonds. The van der Waals surface area contributed by atoms with Crippen LogP contribution < -0.4 is 5.32 Å². The second-order valence-corrected chi connectivity index (χ2v) is 5.75. The highest BCUT2D eigenvalue weighted by Crippen LogP contribution is 2.25. The minimum Gasteiger partial charge on any atom is -0.467 e. The predicted molar refractivity (Wildman–Crippen MR) is 82.3 cm³/mol. The molecule has 1 aliphatic heterocycles. The van der Waals surface area contributed by atoms with Crippen molar-refractivity contribution >= 4 is 29.1 Å². The maximum Gasteiger partial charge on any atom is 0.229 e. The molecule has 1 aromatic heterocycles. The molecule has 5 nitrogen and oxygen atoms in total. The van der Waals surface area contributed by atoms with Crippen LogP contribution in [0.4, 0.5) is 10.1 Å². The first-order valence-electron chi connectivity index (χ1n) is 7.09. The lowest BCUT2D eigenvalue weighted by Gasteiger charge is -2.15. The lowest BCUT2D eigenvalue weighted by molar-refractivity contribution is -0.128. The van der Waals surface area contributed by atoms with Gasteiger partial charge in [0.1, 0.15) is 5.76 Å². The van der Waals surface area contributed by atoms with E-state index < -0.39 is 17.6 Å². The van der Waals surface area contributed by atoms with Gasteiger partial charge in [-0.05, 0) is 24.3 Å². The smallest absolute Gasteiger partial charge is 0.229 e. The molecule has 0 aliphatic carbocycles. The van der Waals surface area contributed by atoms with Crippen molar-refractivity contribution in [1.29, 1.82) is 0 Å². The average Bonchev–Trinajstić information content (AvgIpc) is 3.15. The van der Waals surface area contributed by atoms with Gasteiger partial charge in [-0.2, -0.15) is 0 Å². The highest BCUT2D eigenvalue weighted by atomic mass is 35.5. The van der Waals surface area contributed by atoms with Gasteiger partial charge >= 0.3 is 0 Å². The number of likely N-dealkylation sites (tertiary alicyclic amines) is 1. The van der Waals surface area contributed by atoms with Gasteiger partial charge in [-0.3, -0.25) is 9.59 Å². The summed E-state index contributed by atoms with van der Waals surface area (Å²) in [5.74, 6) is -1.09. The molecule has 0 spiro atoms. The fourth-order valence-electron chi connectivity index (χ4n) is 2.53. The van der Waals surface area contributed by atoms with Crippen molar-refractivity contribution in [1.82, 2.24) is 4.90 Å². The van der Waals surface area contributed by atoms with Gasteiger partial charge in [-0.25, -0.2) is 4.39 Å². The van der Waals surface area contributed by atoms with Crippen molar-refractivity contribution in [3.05, 3.63) is 53.2 Å². The Morgan fingerprint density at radius 3 is 2.96 bits per heavy atom.